The summed E-state index contributed by atoms with van der Waals surface area (Å²) in [4.78, 5) is 22.8. The summed E-state index contributed by atoms with van der Waals surface area (Å²) < 4.78 is 1.41. The lowest BCUT2D eigenvalue weighted by Crippen LogP contribution is -2.56. The molecule has 100 valence electrons. The number of amides is 1. The fraction of sp³-hybridized carbons (Fsp3) is 0.700. The standard InChI is InChI=1S/C10H17N5O2S/c1-10(7(11)16,12-6-3-4-6)5-18-9-14-13-8(17)15(9)2/h6,12H,3-5H2,1-2H3,(H2,11,16)(H,13,17). The molecule has 7 nitrogen and oxygen atoms in total. The van der Waals surface area contributed by atoms with Gasteiger partial charge in [-0.2, -0.15) is 0 Å². The van der Waals surface area contributed by atoms with E-state index in [2.05, 4.69) is 15.5 Å². The molecule has 8 heteroatoms. The Balaban J connectivity index is 2.03. The van der Waals surface area contributed by atoms with Crippen LogP contribution in [0.4, 0.5) is 0 Å². The average molecular weight is 271 g/mol. The summed E-state index contributed by atoms with van der Waals surface area (Å²) in [5.74, 6) is 0.0548. The minimum Gasteiger partial charge on any atom is -0.368 e. The van der Waals surface area contributed by atoms with Crippen molar-refractivity contribution in [1.29, 1.82) is 0 Å². The zero-order valence-corrected chi connectivity index (χ0v) is 11.2. The number of aromatic nitrogens is 3. The highest BCUT2D eigenvalue weighted by atomic mass is 32.2. The van der Waals surface area contributed by atoms with Crippen LogP contribution in [0.5, 0.6) is 0 Å². The number of hydrogen-bond acceptors (Lipinski definition) is 5. The van der Waals surface area contributed by atoms with Gasteiger partial charge < -0.3 is 11.1 Å². The van der Waals surface area contributed by atoms with E-state index in [1.807, 2.05) is 0 Å². The maximum Gasteiger partial charge on any atom is 0.343 e. The second-order valence-corrected chi connectivity index (χ2v) is 5.72. The lowest BCUT2D eigenvalue weighted by Gasteiger charge is -2.26. The van der Waals surface area contributed by atoms with Crippen LogP contribution in [0.2, 0.25) is 0 Å². The van der Waals surface area contributed by atoms with Gasteiger partial charge in [0.1, 0.15) is 5.54 Å². The number of nitrogens with zero attached hydrogens (tertiary/aromatic N) is 2. The van der Waals surface area contributed by atoms with Crippen molar-refractivity contribution >= 4 is 17.7 Å². The molecule has 0 saturated heterocycles. The Hall–Kier alpha value is -1.28. The summed E-state index contributed by atoms with van der Waals surface area (Å²) in [7, 11) is 1.63. The van der Waals surface area contributed by atoms with Crippen molar-refractivity contribution in [2.75, 3.05) is 5.75 Å². The van der Waals surface area contributed by atoms with Gasteiger partial charge in [-0.05, 0) is 19.8 Å². The van der Waals surface area contributed by atoms with Crippen LogP contribution in [0, 0.1) is 0 Å². The lowest BCUT2D eigenvalue weighted by molar-refractivity contribution is -0.123. The maximum atomic E-state index is 11.5. The molecule has 1 unspecified atom stereocenters. The normalized spacial score (nSPS) is 18.6. The monoisotopic (exact) mass is 271 g/mol. The van der Waals surface area contributed by atoms with Gasteiger partial charge in [-0.1, -0.05) is 11.8 Å². The molecule has 18 heavy (non-hydrogen) atoms. The zero-order valence-electron chi connectivity index (χ0n) is 10.4. The first-order valence-electron chi connectivity index (χ1n) is 5.74. The largest absolute Gasteiger partial charge is 0.368 e. The second-order valence-electron chi connectivity index (χ2n) is 4.77. The van der Waals surface area contributed by atoms with E-state index in [9.17, 15) is 9.59 Å². The third-order valence-electron chi connectivity index (χ3n) is 2.97. The van der Waals surface area contributed by atoms with E-state index >= 15 is 0 Å². The molecule has 1 aliphatic rings. The maximum absolute atomic E-state index is 11.5. The van der Waals surface area contributed by atoms with E-state index in [1.165, 1.54) is 16.3 Å². The van der Waals surface area contributed by atoms with Crippen LogP contribution < -0.4 is 16.7 Å². The predicted octanol–water partition coefficient (Wildman–Crippen LogP) is -0.803. The second kappa shape index (κ2) is 4.77. The highest BCUT2D eigenvalue weighted by Crippen LogP contribution is 2.26. The molecule has 1 aliphatic carbocycles. The van der Waals surface area contributed by atoms with Gasteiger partial charge in [-0.3, -0.25) is 9.36 Å². The molecule has 0 aliphatic heterocycles. The smallest absolute Gasteiger partial charge is 0.343 e. The first-order valence-corrected chi connectivity index (χ1v) is 6.73. The van der Waals surface area contributed by atoms with Crippen LogP contribution in [0.15, 0.2) is 9.95 Å². The van der Waals surface area contributed by atoms with Gasteiger partial charge >= 0.3 is 5.69 Å². The molecule has 2 rings (SSSR count). The van der Waals surface area contributed by atoms with Crippen molar-refractivity contribution in [3.8, 4) is 0 Å². The Morgan fingerprint density at radius 1 is 1.72 bits per heavy atom. The number of primary amides is 1. The summed E-state index contributed by atoms with van der Waals surface area (Å²) in [5, 5.41) is 10.0. The number of rotatable bonds is 6. The van der Waals surface area contributed by atoms with Gasteiger partial charge in [0.15, 0.2) is 5.16 Å². The Morgan fingerprint density at radius 3 is 2.83 bits per heavy atom. The number of H-pyrrole nitrogens is 1. The summed E-state index contributed by atoms with van der Waals surface area (Å²) in [6, 6.07) is 0.381. The third kappa shape index (κ3) is 2.75. The summed E-state index contributed by atoms with van der Waals surface area (Å²) in [5.41, 5.74) is 4.40. The van der Waals surface area contributed by atoms with E-state index < -0.39 is 5.54 Å². The average Bonchev–Trinajstić information content (AvgIpc) is 3.05. The van der Waals surface area contributed by atoms with Crippen LogP contribution in [-0.2, 0) is 11.8 Å². The number of hydrogen-bond donors (Lipinski definition) is 3. The third-order valence-corrected chi connectivity index (χ3v) is 4.32. The van der Waals surface area contributed by atoms with Crippen molar-refractivity contribution < 1.29 is 4.79 Å². The van der Waals surface area contributed by atoms with E-state index in [1.54, 1.807) is 14.0 Å². The van der Waals surface area contributed by atoms with E-state index in [-0.39, 0.29) is 11.6 Å². The Labute approximate surface area is 109 Å². The van der Waals surface area contributed by atoms with E-state index in [0.717, 1.165) is 12.8 Å². The SMILES string of the molecule is Cn1c(SCC(C)(NC2CC2)C(N)=O)n[nH]c1=O. The molecule has 0 spiro atoms. The number of nitrogens with two attached hydrogens (primary N) is 1. The van der Waals surface area contributed by atoms with Gasteiger partial charge in [0.25, 0.3) is 0 Å². The quantitative estimate of drug-likeness (QED) is 0.587. The number of aromatic amines is 1. The molecule has 4 N–H and O–H groups in total. The van der Waals surface area contributed by atoms with Gasteiger partial charge in [0.05, 0.1) is 0 Å². The topological polar surface area (TPSA) is 106 Å². The number of nitrogens with one attached hydrogen (secondary N) is 2. The van der Waals surface area contributed by atoms with Crippen LogP contribution in [-0.4, -0.2) is 38.0 Å². The summed E-state index contributed by atoms with van der Waals surface area (Å²) in [6.07, 6.45) is 2.16. The van der Waals surface area contributed by atoms with Crippen LogP contribution in [0.25, 0.3) is 0 Å². The summed E-state index contributed by atoms with van der Waals surface area (Å²) >= 11 is 1.33. The van der Waals surface area contributed by atoms with Crippen LogP contribution in [0.3, 0.4) is 0 Å². The molecule has 1 fully saturated rings. The number of carbonyl (C=O) groups excluding carboxylic acids is 1. The minimum atomic E-state index is -0.777. The van der Waals surface area contributed by atoms with E-state index in [0.29, 0.717) is 17.0 Å². The summed E-state index contributed by atoms with van der Waals surface area (Å²) in [6.45, 7) is 1.78. The van der Waals surface area contributed by atoms with Crippen molar-refractivity contribution in [3.63, 3.8) is 0 Å². The van der Waals surface area contributed by atoms with Crippen molar-refractivity contribution in [2.45, 2.75) is 36.5 Å². The Kier molecular flexibility index (Phi) is 3.49. The molecule has 1 aromatic heterocycles. The molecule has 0 radical (unpaired) electrons. The van der Waals surface area contributed by atoms with Crippen LogP contribution >= 0.6 is 11.8 Å². The molecule has 1 saturated carbocycles. The first kappa shape index (κ1) is 13.2. The fourth-order valence-electron chi connectivity index (χ4n) is 1.53. The number of thioether (sulfide) groups is 1. The van der Waals surface area contributed by atoms with E-state index in [4.69, 9.17) is 5.73 Å². The molecule has 1 heterocycles. The van der Waals surface area contributed by atoms with Crippen molar-refractivity contribution in [2.24, 2.45) is 12.8 Å². The van der Waals surface area contributed by atoms with Gasteiger partial charge in [-0.25, -0.2) is 9.89 Å². The molecule has 0 aromatic carbocycles. The van der Waals surface area contributed by atoms with Gasteiger partial charge in [0.2, 0.25) is 5.91 Å². The zero-order chi connectivity index (χ0) is 13.3. The Morgan fingerprint density at radius 2 is 2.39 bits per heavy atom. The predicted molar refractivity (Wildman–Crippen MR) is 68.3 cm³/mol. The highest BCUT2D eigenvalue weighted by Gasteiger charge is 2.37. The van der Waals surface area contributed by atoms with Crippen LogP contribution in [0.1, 0.15) is 19.8 Å². The molecular formula is C10H17N5O2S. The van der Waals surface area contributed by atoms with Gasteiger partial charge in [-0.15, -0.1) is 5.10 Å². The minimum absolute atomic E-state index is 0.270. The van der Waals surface area contributed by atoms with Gasteiger partial charge in [0, 0.05) is 18.8 Å². The van der Waals surface area contributed by atoms with Crippen molar-refractivity contribution in [1.82, 2.24) is 20.1 Å². The molecular weight excluding hydrogens is 254 g/mol. The number of carbonyl (C=O) groups is 1. The Bertz CT molecular complexity index is 507. The lowest BCUT2D eigenvalue weighted by atomic mass is 10.1. The fourth-order valence-corrected chi connectivity index (χ4v) is 2.56. The molecule has 1 aromatic rings. The van der Waals surface area contributed by atoms with Crippen molar-refractivity contribution in [3.05, 3.63) is 10.5 Å². The highest BCUT2D eigenvalue weighted by molar-refractivity contribution is 7.99. The first-order chi connectivity index (χ1) is 8.42. The molecule has 1 atom stereocenters. The molecule has 1 amide bonds. The molecule has 0 bridgehead atoms.